The Morgan fingerprint density at radius 2 is 1.88 bits per heavy atom. The van der Waals surface area contributed by atoms with Gasteiger partial charge in [-0.25, -0.2) is 13.4 Å². The maximum absolute atomic E-state index is 12.1. The maximum atomic E-state index is 12.1. The molecule has 1 saturated carbocycles. The first-order valence-corrected chi connectivity index (χ1v) is 13.2. The summed E-state index contributed by atoms with van der Waals surface area (Å²) in [6.07, 6.45) is 10.2. The Hall–Kier alpha value is -3.40. The van der Waals surface area contributed by atoms with Gasteiger partial charge in [0.05, 0.1) is 23.9 Å². The number of aromatic nitrogens is 5. The number of ether oxygens (including phenoxy) is 1. The Labute approximate surface area is 198 Å². The van der Waals surface area contributed by atoms with Crippen molar-refractivity contribution in [1.82, 2.24) is 24.5 Å². The summed E-state index contributed by atoms with van der Waals surface area (Å²) < 4.78 is 34.3. The number of benzene rings is 1. The Morgan fingerprint density at radius 1 is 1.12 bits per heavy atom. The van der Waals surface area contributed by atoms with E-state index in [1.807, 2.05) is 38.8 Å². The van der Waals surface area contributed by atoms with Crippen LogP contribution in [0.4, 0.5) is 5.82 Å². The normalized spacial score (nSPS) is 18.8. The number of rotatable bonds is 6. The van der Waals surface area contributed by atoms with Crippen LogP contribution < -0.4 is 10.1 Å². The van der Waals surface area contributed by atoms with E-state index in [0.29, 0.717) is 5.75 Å². The van der Waals surface area contributed by atoms with Gasteiger partial charge in [-0.3, -0.25) is 9.36 Å². The second-order valence-corrected chi connectivity index (χ2v) is 10.8. The quantitative estimate of drug-likeness (QED) is 0.447. The van der Waals surface area contributed by atoms with Crippen LogP contribution in [0.15, 0.2) is 53.8 Å². The summed E-state index contributed by atoms with van der Waals surface area (Å²) in [5, 5.41) is 13.4. The minimum absolute atomic E-state index is 0.0340. The second-order valence-electron chi connectivity index (χ2n) is 8.80. The lowest BCUT2D eigenvalue weighted by molar-refractivity contribution is 0.127. The van der Waals surface area contributed by atoms with Gasteiger partial charge in [0.15, 0.2) is 9.84 Å². The summed E-state index contributed by atoms with van der Waals surface area (Å²) in [6.45, 7) is 0. The zero-order chi connectivity index (χ0) is 23.9. The van der Waals surface area contributed by atoms with E-state index in [1.54, 1.807) is 28.9 Å². The van der Waals surface area contributed by atoms with Crippen LogP contribution in [-0.4, -0.2) is 52.4 Å². The predicted octanol–water partition coefficient (Wildman–Crippen LogP) is 3.84. The van der Waals surface area contributed by atoms with Crippen molar-refractivity contribution in [3.05, 3.63) is 48.9 Å². The van der Waals surface area contributed by atoms with Crippen LogP contribution in [0.25, 0.3) is 22.2 Å². The number of hydrogen-bond acceptors (Lipinski definition) is 7. The molecule has 1 fully saturated rings. The largest absolute Gasteiger partial charge is 0.489 e. The predicted molar refractivity (Wildman–Crippen MR) is 131 cm³/mol. The lowest BCUT2D eigenvalue weighted by atomic mass is 9.93. The minimum Gasteiger partial charge on any atom is -0.489 e. The molecule has 178 valence electrons. The zero-order valence-corrected chi connectivity index (χ0v) is 20.3. The first-order chi connectivity index (χ1) is 16.3. The van der Waals surface area contributed by atoms with Gasteiger partial charge in [0.25, 0.3) is 0 Å². The fraction of sp³-hybridized carbons (Fsp3) is 0.375. The molecule has 0 bridgehead atoms. The molecule has 0 aliphatic heterocycles. The minimum atomic E-state index is -3.35. The van der Waals surface area contributed by atoms with Gasteiger partial charge < -0.3 is 10.1 Å². The Balaban J connectivity index is 1.40. The number of fused-ring (bicyclic) bond motifs is 1. The molecule has 9 nitrogen and oxygen atoms in total. The molecule has 3 aromatic heterocycles. The third-order valence-electron chi connectivity index (χ3n) is 6.36. The van der Waals surface area contributed by atoms with E-state index in [2.05, 4.69) is 20.1 Å². The summed E-state index contributed by atoms with van der Waals surface area (Å²) >= 11 is 0. The number of aryl methyl sites for hydroxylation is 1. The standard InChI is InChI=1S/C24H28N6O3S/c1-25-23-12-20-19(14-26-23)24(16-13-27-29(2)15-16)28-30(20)17-8-10-18(11-9-17)33-21-6-4-5-7-22(21)34(3,31)32/h4-7,12-15,17-18H,8-11H2,1-3H3,(H,25,26)/t17-,18+. The summed E-state index contributed by atoms with van der Waals surface area (Å²) in [4.78, 5) is 4.74. The third-order valence-corrected chi connectivity index (χ3v) is 7.49. The van der Waals surface area contributed by atoms with Gasteiger partial charge in [0.1, 0.15) is 22.2 Å². The van der Waals surface area contributed by atoms with Crippen molar-refractivity contribution in [2.75, 3.05) is 18.6 Å². The molecule has 34 heavy (non-hydrogen) atoms. The average Bonchev–Trinajstić information content (AvgIpc) is 3.42. The van der Waals surface area contributed by atoms with Gasteiger partial charge in [0.2, 0.25) is 0 Å². The van der Waals surface area contributed by atoms with Crippen molar-refractivity contribution in [3.8, 4) is 17.0 Å². The number of hydrogen-bond donors (Lipinski definition) is 1. The molecule has 1 N–H and O–H groups in total. The third kappa shape index (κ3) is 4.25. The molecule has 0 saturated heterocycles. The SMILES string of the molecule is CNc1cc2c(cn1)c(-c1cnn(C)c1)nn2[C@H]1CC[C@@H](Oc2ccccc2S(C)(=O)=O)CC1. The zero-order valence-electron chi connectivity index (χ0n) is 19.5. The van der Waals surface area contributed by atoms with Gasteiger partial charge in [-0.15, -0.1) is 0 Å². The average molecular weight is 481 g/mol. The molecule has 0 spiro atoms. The molecule has 0 radical (unpaired) electrons. The Bertz CT molecular complexity index is 1430. The molecule has 10 heteroatoms. The van der Waals surface area contributed by atoms with Crippen LogP contribution in [0.5, 0.6) is 5.75 Å². The van der Waals surface area contributed by atoms with Gasteiger partial charge in [0, 0.05) is 49.8 Å². The van der Waals surface area contributed by atoms with Crippen molar-refractivity contribution >= 4 is 26.6 Å². The van der Waals surface area contributed by atoms with Crippen LogP contribution in [-0.2, 0) is 16.9 Å². The van der Waals surface area contributed by atoms with E-state index < -0.39 is 9.84 Å². The van der Waals surface area contributed by atoms with Gasteiger partial charge in [-0.05, 0) is 37.8 Å². The molecule has 1 aliphatic carbocycles. The van der Waals surface area contributed by atoms with Gasteiger partial charge in [-0.2, -0.15) is 10.2 Å². The highest BCUT2D eigenvalue weighted by atomic mass is 32.2. The number of nitrogens with one attached hydrogen (secondary N) is 1. The molecule has 3 heterocycles. The second kappa shape index (κ2) is 8.75. The summed E-state index contributed by atoms with van der Waals surface area (Å²) in [5.41, 5.74) is 2.86. The molecular weight excluding hydrogens is 452 g/mol. The van der Waals surface area contributed by atoms with Crippen LogP contribution in [0.1, 0.15) is 31.7 Å². The number of para-hydroxylation sites is 1. The van der Waals surface area contributed by atoms with Crippen molar-refractivity contribution in [2.45, 2.75) is 42.7 Å². The Kier molecular flexibility index (Phi) is 5.76. The molecule has 0 amide bonds. The summed E-state index contributed by atoms with van der Waals surface area (Å²) in [7, 11) is 0.398. The highest BCUT2D eigenvalue weighted by molar-refractivity contribution is 7.90. The van der Waals surface area contributed by atoms with E-state index >= 15 is 0 Å². The lowest BCUT2D eigenvalue weighted by Gasteiger charge is -2.30. The van der Waals surface area contributed by atoms with Crippen LogP contribution in [0.2, 0.25) is 0 Å². The van der Waals surface area contributed by atoms with Crippen LogP contribution >= 0.6 is 0 Å². The monoisotopic (exact) mass is 480 g/mol. The Morgan fingerprint density at radius 3 is 2.56 bits per heavy atom. The lowest BCUT2D eigenvalue weighted by Crippen LogP contribution is -2.26. The van der Waals surface area contributed by atoms with E-state index in [4.69, 9.17) is 9.84 Å². The van der Waals surface area contributed by atoms with Crippen molar-refractivity contribution in [2.24, 2.45) is 7.05 Å². The molecule has 0 atom stereocenters. The first-order valence-electron chi connectivity index (χ1n) is 11.3. The van der Waals surface area contributed by atoms with Gasteiger partial charge >= 0.3 is 0 Å². The fourth-order valence-corrected chi connectivity index (χ4v) is 5.45. The number of sulfone groups is 1. The van der Waals surface area contributed by atoms with E-state index in [9.17, 15) is 8.42 Å². The van der Waals surface area contributed by atoms with E-state index in [1.165, 1.54) is 6.26 Å². The molecule has 1 aliphatic rings. The molecule has 5 rings (SSSR count). The molecule has 4 aromatic rings. The van der Waals surface area contributed by atoms with Crippen molar-refractivity contribution in [3.63, 3.8) is 0 Å². The summed E-state index contributed by atoms with van der Waals surface area (Å²) in [6, 6.07) is 9.10. The number of nitrogens with zero attached hydrogens (tertiary/aromatic N) is 5. The first kappa shape index (κ1) is 22.4. The smallest absolute Gasteiger partial charge is 0.179 e. The highest BCUT2D eigenvalue weighted by Gasteiger charge is 2.28. The summed E-state index contributed by atoms with van der Waals surface area (Å²) in [5.74, 6) is 1.22. The van der Waals surface area contributed by atoms with Crippen molar-refractivity contribution in [1.29, 1.82) is 0 Å². The fourth-order valence-electron chi connectivity index (χ4n) is 4.65. The van der Waals surface area contributed by atoms with Gasteiger partial charge in [-0.1, -0.05) is 12.1 Å². The van der Waals surface area contributed by atoms with Crippen LogP contribution in [0, 0.1) is 0 Å². The van der Waals surface area contributed by atoms with E-state index in [-0.39, 0.29) is 17.0 Å². The molecule has 1 aromatic carbocycles. The topological polar surface area (TPSA) is 104 Å². The molecular formula is C24H28N6O3S. The van der Waals surface area contributed by atoms with E-state index in [0.717, 1.165) is 53.7 Å². The highest BCUT2D eigenvalue weighted by Crippen LogP contribution is 2.37. The maximum Gasteiger partial charge on any atom is 0.179 e. The molecule has 0 unspecified atom stereocenters. The van der Waals surface area contributed by atoms with Crippen molar-refractivity contribution < 1.29 is 13.2 Å². The number of anilines is 1. The number of pyridine rings is 1. The van der Waals surface area contributed by atoms with Crippen LogP contribution in [0.3, 0.4) is 0 Å².